The Morgan fingerprint density at radius 1 is 1.50 bits per heavy atom. The number of aryl methyl sites for hydroxylation is 1. The predicted octanol–water partition coefficient (Wildman–Crippen LogP) is 1.44. The summed E-state index contributed by atoms with van der Waals surface area (Å²) in [5.74, 6) is -1.03. The predicted molar refractivity (Wildman–Crippen MR) is 59.8 cm³/mol. The van der Waals surface area contributed by atoms with E-state index in [1.807, 2.05) is 6.92 Å². The maximum atomic E-state index is 11.6. The van der Waals surface area contributed by atoms with E-state index >= 15 is 0 Å². The second-order valence-corrected chi connectivity index (χ2v) is 3.59. The number of hydrogen-bond donors (Lipinski definition) is 2. The molecule has 0 radical (unpaired) electrons. The molecule has 0 saturated carbocycles. The molecule has 1 aromatic heterocycles. The van der Waals surface area contributed by atoms with E-state index in [9.17, 15) is 9.59 Å². The van der Waals surface area contributed by atoms with Crippen molar-refractivity contribution in [2.45, 2.75) is 19.9 Å². The van der Waals surface area contributed by atoms with Crippen LogP contribution in [-0.2, 0) is 6.54 Å². The molecule has 5 nitrogen and oxygen atoms in total. The highest BCUT2D eigenvalue weighted by Gasteiger charge is 2.13. The number of aromatic carboxylic acids is 1. The number of carbonyl (C=O) groups is 1. The number of fused-ring (bicyclic) bond motifs is 1. The molecule has 2 rings (SSSR count). The zero-order valence-corrected chi connectivity index (χ0v) is 8.86. The Morgan fingerprint density at radius 2 is 2.25 bits per heavy atom. The van der Waals surface area contributed by atoms with Crippen LogP contribution in [0, 0.1) is 0 Å². The summed E-state index contributed by atoms with van der Waals surface area (Å²) >= 11 is 0. The van der Waals surface area contributed by atoms with Crippen molar-refractivity contribution >= 4 is 17.0 Å². The molecular weight excluding hydrogens is 208 g/mol. The fourth-order valence-electron chi connectivity index (χ4n) is 1.80. The largest absolute Gasteiger partial charge is 0.478 e. The lowest BCUT2D eigenvalue weighted by Gasteiger charge is -2.00. The first kappa shape index (κ1) is 10.5. The van der Waals surface area contributed by atoms with Crippen molar-refractivity contribution < 1.29 is 9.90 Å². The van der Waals surface area contributed by atoms with Gasteiger partial charge in [0.05, 0.1) is 16.6 Å². The van der Waals surface area contributed by atoms with Crippen molar-refractivity contribution in [3.8, 4) is 0 Å². The van der Waals surface area contributed by atoms with Crippen molar-refractivity contribution in [3.63, 3.8) is 0 Å². The van der Waals surface area contributed by atoms with E-state index in [2.05, 4.69) is 4.98 Å². The summed E-state index contributed by atoms with van der Waals surface area (Å²) < 4.78 is 1.56. The summed E-state index contributed by atoms with van der Waals surface area (Å²) in [5.41, 5.74) is 0.912. The molecule has 0 aliphatic carbocycles. The van der Waals surface area contributed by atoms with Crippen molar-refractivity contribution in [1.82, 2.24) is 9.55 Å². The minimum Gasteiger partial charge on any atom is -0.478 e. The quantitative estimate of drug-likeness (QED) is 0.821. The standard InChI is InChI=1S/C11H12N2O3/c1-2-6-13-8-5-3-4-7(10(14)15)9(8)12-11(13)16/h3-5H,2,6H2,1H3,(H,12,16)(H,14,15). The SMILES string of the molecule is CCCn1c(=O)[nH]c2c(C(=O)O)cccc21. The van der Waals surface area contributed by atoms with Gasteiger partial charge in [-0.2, -0.15) is 0 Å². The number of para-hydroxylation sites is 1. The van der Waals surface area contributed by atoms with E-state index in [0.29, 0.717) is 17.6 Å². The van der Waals surface area contributed by atoms with Crippen molar-refractivity contribution in [1.29, 1.82) is 0 Å². The Hall–Kier alpha value is -2.04. The number of imidazole rings is 1. The Balaban J connectivity index is 2.77. The van der Waals surface area contributed by atoms with Crippen molar-refractivity contribution in [2.24, 2.45) is 0 Å². The second kappa shape index (κ2) is 3.84. The normalized spacial score (nSPS) is 10.8. The van der Waals surface area contributed by atoms with E-state index in [-0.39, 0.29) is 11.3 Å². The highest BCUT2D eigenvalue weighted by Crippen LogP contribution is 2.15. The van der Waals surface area contributed by atoms with Crippen molar-refractivity contribution in [3.05, 3.63) is 34.2 Å². The van der Waals surface area contributed by atoms with Gasteiger partial charge in [0, 0.05) is 6.54 Å². The van der Waals surface area contributed by atoms with Gasteiger partial charge in [-0.25, -0.2) is 9.59 Å². The third-order valence-electron chi connectivity index (χ3n) is 2.49. The van der Waals surface area contributed by atoms with Gasteiger partial charge in [-0.1, -0.05) is 13.0 Å². The average Bonchev–Trinajstić information content (AvgIpc) is 2.56. The number of aromatic amines is 1. The summed E-state index contributed by atoms with van der Waals surface area (Å²) in [4.78, 5) is 25.2. The Kier molecular flexibility index (Phi) is 2.52. The molecule has 0 fully saturated rings. The van der Waals surface area contributed by atoms with Crippen LogP contribution in [0.3, 0.4) is 0 Å². The highest BCUT2D eigenvalue weighted by molar-refractivity contribution is 6.00. The lowest BCUT2D eigenvalue weighted by atomic mass is 10.2. The molecule has 16 heavy (non-hydrogen) atoms. The average molecular weight is 220 g/mol. The number of nitrogens with zero attached hydrogens (tertiary/aromatic N) is 1. The first-order valence-electron chi connectivity index (χ1n) is 5.10. The molecule has 1 aromatic carbocycles. The van der Waals surface area contributed by atoms with E-state index < -0.39 is 5.97 Å². The summed E-state index contributed by atoms with van der Waals surface area (Å²) in [5, 5.41) is 8.98. The zero-order valence-electron chi connectivity index (χ0n) is 8.86. The van der Waals surface area contributed by atoms with Crippen LogP contribution in [0.15, 0.2) is 23.0 Å². The third kappa shape index (κ3) is 1.50. The van der Waals surface area contributed by atoms with Gasteiger partial charge >= 0.3 is 11.7 Å². The molecule has 0 aliphatic heterocycles. The maximum absolute atomic E-state index is 11.6. The maximum Gasteiger partial charge on any atom is 0.337 e. The van der Waals surface area contributed by atoms with Gasteiger partial charge in [-0.15, -0.1) is 0 Å². The van der Waals surface area contributed by atoms with Gasteiger partial charge in [-0.05, 0) is 18.6 Å². The van der Waals surface area contributed by atoms with Crippen LogP contribution in [0.1, 0.15) is 23.7 Å². The van der Waals surface area contributed by atoms with Crippen LogP contribution in [-0.4, -0.2) is 20.6 Å². The van der Waals surface area contributed by atoms with Gasteiger partial charge in [0.2, 0.25) is 0 Å². The minimum atomic E-state index is -1.03. The fourth-order valence-corrected chi connectivity index (χ4v) is 1.80. The molecule has 0 aliphatic rings. The lowest BCUT2D eigenvalue weighted by Crippen LogP contribution is -2.16. The lowest BCUT2D eigenvalue weighted by molar-refractivity contribution is 0.0699. The zero-order chi connectivity index (χ0) is 11.7. The number of carboxylic acids is 1. The van der Waals surface area contributed by atoms with Crippen LogP contribution in [0.25, 0.3) is 11.0 Å². The summed E-state index contributed by atoms with van der Waals surface area (Å²) in [6.07, 6.45) is 0.824. The highest BCUT2D eigenvalue weighted by atomic mass is 16.4. The molecule has 0 spiro atoms. The Morgan fingerprint density at radius 3 is 2.88 bits per heavy atom. The van der Waals surface area contributed by atoms with Gasteiger partial charge in [0.1, 0.15) is 0 Å². The number of rotatable bonds is 3. The van der Waals surface area contributed by atoms with Crippen molar-refractivity contribution in [2.75, 3.05) is 0 Å². The van der Waals surface area contributed by atoms with Gasteiger partial charge < -0.3 is 10.1 Å². The van der Waals surface area contributed by atoms with E-state index in [1.54, 1.807) is 16.7 Å². The number of H-pyrrole nitrogens is 1. The monoisotopic (exact) mass is 220 g/mol. The number of nitrogens with one attached hydrogen (secondary N) is 1. The number of benzene rings is 1. The number of carboxylic acid groups (broad SMARTS) is 1. The minimum absolute atomic E-state index is 0.129. The first-order chi connectivity index (χ1) is 7.65. The smallest absolute Gasteiger partial charge is 0.337 e. The summed E-state index contributed by atoms with van der Waals surface area (Å²) in [7, 11) is 0. The molecule has 0 atom stereocenters. The Bertz CT molecular complexity index is 595. The van der Waals surface area contributed by atoms with E-state index in [4.69, 9.17) is 5.11 Å². The topological polar surface area (TPSA) is 75.1 Å². The van der Waals surface area contributed by atoms with E-state index in [0.717, 1.165) is 6.42 Å². The van der Waals surface area contributed by atoms with Crippen LogP contribution < -0.4 is 5.69 Å². The molecule has 5 heteroatoms. The van der Waals surface area contributed by atoms with Crippen LogP contribution >= 0.6 is 0 Å². The second-order valence-electron chi connectivity index (χ2n) is 3.59. The summed E-state index contributed by atoms with van der Waals surface area (Å²) in [6.45, 7) is 2.55. The van der Waals surface area contributed by atoms with Crippen LogP contribution in [0.5, 0.6) is 0 Å². The molecule has 1 heterocycles. The Labute approximate surface area is 91.3 Å². The van der Waals surface area contributed by atoms with Gasteiger partial charge in [0.25, 0.3) is 0 Å². The molecular formula is C11H12N2O3. The molecule has 0 unspecified atom stereocenters. The number of aromatic nitrogens is 2. The molecule has 2 aromatic rings. The first-order valence-corrected chi connectivity index (χ1v) is 5.10. The van der Waals surface area contributed by atoms with Crippen LogP contribution in [0.2, 0.25) is 0 Å². The van der Waals surface area contributed by atoms with Gasteiger partial charge in [-0.3, -0.25) is 4.57 Å². The third-order valence-corrected chi connectivity index (χ3v) is 2.49. The molecule has 2 N–H and O–H groups in total. The molecule has 0 bridgehead atoms. The van der Waals surface area contributed by atoms with Crippen LogP contribution in [0.4, 0.5) is 0 Å². The fraction of sp³-hybridized carbons (Fsp3) is 0.273. The molecule has 84 valence electrons. The summed E-state index contributed by atoms with van der Waals surface area (Å²) in [6, 6.07) is 4.87. The molecule has 0 saturated heterocycles. The number of hydrogen-bond acceptors (Lipinski definition) is 2. The molecule has 0 amide bonds. The van der Waals surface area contributed by atoms with Gasteiger partial charge in [0.15, 0.2) is 0 Å². The van der Waals surface area contributed by atoms with E-state index in [1.165, 1.54) is 6.07 Å².